The van der Waals surface area contributed by atoms with Crippen molar-refractivity contribution in [1.82, 2.24) is 15.2 Å². The zero-order chi connectivity index (χ0) is 22.3. The first-order chi connectivity index (χ1) is 15.4. The highest BCUT2D eigenvalue weighted by molar-refractivity contribution is 5.87. The molecule has 5 nitrogen and oxygen atoms in total. The predicted molar refractivity (Wildman–Crippen MR) is 114 cm³/mol. The molecule has 0 saturated carbocycles. The van der Waals surface area contributed by atoms with Crippen molar-refractivity contribution in [3.63, 3.8) is 0 Å². The number of rotatable bonds is 4. The summed E-state index contributed by atoms with van der Waals surface area (Å²) >= 11 is 0. The largest absolute Gasteiger partial charge is 0.405 e. The highest BCUT2D eigenvalue weighted by Gasteiger charge is 2.34. The van der Waals surface area contributed by atoms with E-state index in [1.54, 1.807) is 42.7 Å². The number of hydrogen-bond acceptors (Lipinski definition) is 4. The number of hydrogen-bond donors (Lipinski definition) is 2. The van der Waals surface area contributed by atoms with Crippen molar-refractivity contribution in [3.8, 4) is 22.4 Å². The summed E-state index contributed by atoms with van der Waals surface area (Å²) in [7, 11) is 0. The Bertz CT molecular complexity index is 1260. The van der Waals surface area contributed by atoms with Crippen molar-refractivity contribution in [2.75, 3.05) is 16.8 Å². The molecule has 0 aliphatic carbocycles. The quantitative estimate of drug-likeness (QED) is 0.389. The molecule has 0 amide bonds. The third-order valence-corrected chi connectivity index (χ3v) is 5.28. The second-order valence-electron chi connectivity index (χ2n) is 7.50. The van der Waals surface area contributed by atoms with Crippen LogP contribution < -0.4 is 10.2 Å². The Morgan fingerprint density at radius 2 is 1.84 bits per heavy atom. The summed E-state index contributed by atoms with van der Waals surface area (Å²) in [4.78, 5) is 5.68. The van der Waals surface area contributed by atoms with E-state index >= 15 is 0 Å². The van der Waals surface area contributed by atoms with Crippen molar-refractivity contribution in [2.24, 2.45) is 0 Å². The SMILES string of the molecule is Fc1ccc(Nc2ncccc2-c2ccc3c(c2)N(CC(F)(F)F)Cc2cn[nH]c2-3)cc1. The van der Waals surface area contributed by atoms with Gasteiger partial charge in [-0.2, -0.15) is 18.3 Å². The Balaban J connectivity index is 1.57. The summed E-state index contributed by atoms with van der Waals surface area (Å²) < 4.78 is 53.1. The number of anilines is 3. The van der Waals surface area contributed by atoms with Gasteiger partial charge in [-0.05, 0) is 48.0 Å². The molecule has 0 fully saturated rings. The molecule has 3 heterocycles. The maximum Gasteiger partial charge on any atom is 0.405 e. The smallest absolute Gasteiger partial charge is 0.357 e. The maximum atomic E-state index is 13.3. The number of benzene rings is 2. The number of halogens is 4. The Hall–Kier alpha value is -3.88. The predicted octanol–water partition coefficient (Wildman–Crippen LogP) is 5.90. The molecule has 9 heteroatoms. The van der Waals surface area contributed by atoms with E-state index in [9.17, 15) is 17.6 Å². The molecular weight excluding hydrogens is 422 g/mol. The van der Waals surface area contributed by atoms with Gasteiger partial charge in [-0.3, -0.25) is 5.10 Å². The molecule has 0 spiro atoms. The van der Waals surface area contributed by atoms with Gasteiger partial charge in [0.15, 0.2) is 0 Å². The van der Waals surface area contributed by atoms with Gasteiger partial charge >= 0.3 is 6.18 Å². The highest BCUT2D eigenvalue weighted by Crippen LogP contribution is 2.42. The Morgan fingerprint density at radius 3 is 2.62 bits per heavy atom. The van der Waals surface area contributed by atoms with Crippen molar-refractivity contribution in [1.29, 1.82) is 0 Å². The zero-order valence-corrected chi connectivity index (χ0v) is 16.6. The van der Waals surface area contributed by atoms with Crippen LogP contribution in [0.15, 0.2) is 67.0 Å². The van der Waals surface area contributed by atoms with Crippen molar-refractivity contribution in [2.45, 2.75) is 12.7 Å². The van der Waals surface area contributed by atoms with Crippen LogP contribution in [0.1, 0.15) is 5.56 Å². The molecule has 0 atom stereocenters. The van der Waals surface area contributed by atoms with E-state index in [1.165, 1.54) is 17.0 Å². The molecule has 162 valence electrons. The summed E-state index contributed by atoms with van der Waals surface area (Å²) in [5, 5.41) is 10.0. The van der Waals surface area contributed by atoms with Crippen LogP contribution in [0.3, 0.4) is 0 Å². The number of aromatic amines is 1. The lowest BCUT2D eigenvalue weighted by Crippen LogP contribution is -2.35. The average molecular weight is 439 g/mol. The lowest BCUT2D eigenvalue weighted by atomic mass is 9.96. The van der Waals surface area contributed by atoms with Crippen LogP contribution in [0.4, 0.5) is 34.8 Å². The minimum Gasteiger partial charge on any atom is -0.357 e. The first-order valence-corrected chi connectivity index (χ1v) is 9.84. The molecule has 4 aromatic rings. The minimum atomic E-state index is -4.35. The Labute approximate surface area is 180 Å². The second-order valence-corrected chi connectivity index (χ2v) is 7.50. The fraction of sp³-hybridized carbons (Fsp3) is 0.130. The van der Waals surface area contributed by atoms with Crippen molar-refractivity contribution < 1.29 is 17.6 Å². The molecule has 0 bridgehead atoms. The number of alkyl halides is 3. The van der Waals surface area contributed by atoms with Gasteiger partial charge in [0.05, 0.1) is 11.9 Å². The summed E-state index contributed by atoms with van der Waals surface area (Å²) in [6.45, 7) is -0.961. The van der Waals surface area contributed by atoms with Gasteiger partial charge in [0.25, 0.3) is 0 Å². The molecule has 5 rings (SSSR count). The normalized spacial score (nSPS) is 12.9. The molecule has 2 N–H and O–H groups in total. The van der Waals surface area contributed by atoms with Gasteiger partial charge in [0, 0.05) is 40.8 Å². The van der Waals surface area contributed by atoms with Gasteiger partial charge in [0.2, 0.25) is 0 Å². The first-order valence-electron chi connectivity index (χ1n) is 9.84. The van der Waals surface area contributed by atoms with Gasteiger partial charge in [-0.25, -0.2) is 9.37 Å². The van der Waals surface area contributed by atoms with Gasteiger partial charge < -0.3 is 10.2 Å². The van der Waals surface area contributed by atoms with Crippen molar-refractivity contribution >= 4 is 17.2 Å². The first kappa shape index (κ1) is 20.0. The number of nitrogens with one attached hydrogen (secondary N) is 2. The standard InChI is InChI=1S/C23H17F4N5/c24-16-4-6-17(7-5-16)30-22-18(2-1-9-28-22)14-3-8-19-20(10-14)32(13-23(25,26)27)12-15-11-29-31-21(15)19/h1-11H,12-13H2,(H,28,30)(H,29,31). The monoisotopic (exact) mass is 439 g/mol. The van der Waals surface area contributed by atoms with Crippen LogP contribution >= 0.6 is 0 Å². The topological polar surface area (TPSA) is 56.8 Å². The molecule has 0 unspecified atom stereocenters. The van der Waals surface area contributed by atoms with E-state index < -0.39 is 12.7 Å². The van der Waals surface area contributed by atoms with Crippen LogP contribution in [-0.4, -0.2) is 27.9 Å². The van der Waals surface area contributed by atoms with E-state index in [-0.39, 0.29) is 12.4 Å². The fourth-order valence-corrected chi connectivity index (χ4v) is 3.89. The van der Waals surface area contributed by atoms with Gasteiger partial charge in [-0.1, -0.05) is 12.1 Å². The molecule has 1 aliphatic rings. The van der Waals surface area contributed by atoms with Gasteiger partial charge in [0.1, 0.15) is 18.2 Å². The number of nitrogens with zero attached hydrogens (tertiary/aromatic N) is 3. The second kappa shape index (κ2) is 7.67. The summed E-state index contributed by atoms with van der Waals surface area (Å²) in [6, 6.07) is 14.8. The molecular formula is C23H17F4N5. The third-order valence-electron chi connectivity index (χ3n) is 5.28. The van der Waals surface area contributed by atoms with Crippen LogP contribution in [0.25, 0.3) is 22.4 Å². The zero-order valence-electron chi connectivity index (χ0n) is 16.6. The van der Waals surface area contributed by atoms with E-state index in [0.717, 1.165) is 11.3 Å². The van der Waals surface area contributed by atoms with E-state index in [2.05, 4.69) is 20.5 Å². The van der Waals surface area contributed by atoms with Crippen LogP contribution in [0, 0.1) is 5.82 Å². The molecule has 1 aliphatic heterocycles. The Morgan fingerprint density at radius 1 is 1.03 bits per heavy atom. The van der Waals surface area contributed by atoms with E-state index in [1.807, 2.05) is 12.1 Å². The van der Waals surface area contributed by atoms with Crippen LogP contribution in [0.2, 0.25) is 0 Å². The number of H-pyrrole nitrogens is 1. The van der Waals surface area contributed by atoms with Crippen molar-refractivity contribution in [3.05, 3.63) is 78.4 Å². The van der Waals surface area contributed by atoms with E-state index in [4.69, 9.17) is 0 Å². The number of aromatic nitrogens is 3. The fourth-order valence-electron chi connectivity index (χ4n) is 3.89. The third kappa shape index (κ3) is 3.89. The lowest BCUT2D eigenvalue weighted by Gasteiger charge is -2.32. The molecule has 0 saturated heterocycles. The molecule has 2 aromatic carbocycles. The highest BCUT2D eigenvalue weighted by atomic mass is 19.4. The number of fused-ring (bicyclic) bond motifs is 3. The summed E-state index contributed by atoms with van der Waals surface area (Å²) in [5.74, 6) is 0.161. The number of pyridine rings is 1. The minimum absolute atomic E-state index is 0.107. The van der Waals surface area contributed by atoms with Gasteiger partial charge in [-0.15, -0.1) is 0 Å². The summed E-state index contributed by atoms with van der Waals surface area (Å²) in [6.07, 6.45) is -1.18. The molecule has 0 radical (unpaired) electrons. The van der Waals surface area contributed by atoms with E-state index in [0.29, 0.717) is 33.9 Å². The molecule has 32 heavy (non-hydrogen) atoms. The Kier molecular flexibility index (Phi) is 4.80. The summed E-state index contributed by atoms with van der Waals surface area (Å²) in [5.41, 5.74) is 4.63. The average Bonchev–Trinajstić information content (AvgIpc) is 3.23. The van der Waals surface area contributed by atoms with Crippen LogP contribution in [0.5, 0.6) is 0 Å². The maximum absolute atomic E-state index is 13.3. The lowest BCUT2D eigenvalue weighted by molar-refractivity contribution is -0.120. The van der Waals surface area contributed by atoms with Crippen LogP contribution in [-0.2, 0) is 6.54 Å². The molecule has 2 aromatic heterocycles.